The molecular weight excluding hydrogens is 472 g/mol. The number of amides is 1. The van der Waals surface area contributed by atoms with Crippen LogP contribution in [0.4, 0.5) is 18.4 Å². The van der Waals surface area contributed by atoms with Gasteiger partial charge in [0.25, 0.3) is 0 Å². The summed E-state index contributed by atoms with van der Waals surface area (Å²) in [6.07, 6.45) is 0.977. The quantitative estimate of drug-likeness (QED) is 0.526. The molecule has 2 fully saturated rings. The number of hydrogen-bond donors (Lipinski definition) is 0. The van der Waals surface area contributed by atoms with Gasteiger partial charge in [0, 0.05) is 43.7 Å². The Bertz CT molecular complexity index is 1170. The Morgan fingerprint density at radius 3 is 2.06 bits per heavy atom. The summed E-state index contributed by atoms with van der Waals surface area (Å²) in [4.78, 5) is 27.3. The molecule has 36 heavy (non-hydrogen) atoms. The lowest BCUT2D eigenvalue weighted by Gasteiger charge is -2.55. The van der Waals surface area contributed by atoms with Crippen LogP contribution in [-0.2, 0) is 19.8 Å². The largest absolute Gasteiger partial charge is 0.444 e. The number of halogens is 2. The smallest absolute Gasteiger partial charge is 0.435 e. The molecule has 2 heterocycles. The number of rotatable bonds is 2. The van der Waals surface area contributed by atoms with Crippen molar-refractivity contribution < 1.29 is 32.6 Å². The van der Waals surface area contributed by atoms with Crippen molar-refractivity contribution in [3.63, 3.8) is 0 Å². The van der Waals surface area contributed by atoms with Crippen LogP contribution in [0.5, 0.6) is 0 Å². The van der Waals surface area contributed by atoms with Gasteiger partial charge in [-0.15, -0.1) is 5.10 Å². The first-order chi connectivity index (χ1) is 16.7. The molecule has 2 unspecified atom stereocenters. The number of carbonyl (C=O) groups is 2. The molecule has 1 aliphatic heterocycles. The number of fused-ring (bicyclic) bond motifs is 3. The van der Waals surface area contributed by atoms with Crippen molar-refractivity contribution in [3.05, 3.63) is 29.5 Å². The zero-order chi connectivity index (χ0) is 26.6. The molecule has 0 N–H and O–H groups in total. The Balaban J connectivity index is 1.82. The summed E-state index contributed by atoms with van der Waals surface area (Å²) in [6, 6.07) is 2.35. The number of aromatic nitrogens is 2. The first-order valence-corrected chi connectivity index (χ1v) is 12.3. The summed E-state index contributed by atoms with van der Waals surface area (Å²) in [5, 5.41) is 3.80. The van der Waals surface area contributed by atoms with E-state index in [1.165, 1.54) is 13.2 Å². The van der Waals surface area contributed by atoms with Crippen LogP contribution >= 0.6 is 0 Å². The van der Waals surface area contributed by atoms with Crippen LogP contribution in [0.2, 0.25) is 0 Å². The average Bonchev–Trinajstić information content (AvgIpc) is 3.06. The minimum atomic E-state index is -1.07. The highest BCUT2D eigenvalue weighted by Gasteiger charge is 2.55. The van der Waals surface area contributed by atoms with Crippen molar-refractivity contribution in [1.29, 1.82) is 0 Å². The van der Waals surface area contributed by atoms with Crippen LogP contribution in [0.15, 0.2) is 12.1 Å². The number of carbonyl (C=O) groups excluding carboxylic acids is 2. The van der Waals surface area contributed by atoms with Crippen molar-refractivity contribution in [1.82, 2.24) is 14.7 Å². The van der Waals surface area contributed by atoms with Crippen LogP contribution in [0.25, 0.3) is 10.9 Å². The molecule has 1 saturated heterocycles. The maximum atomic E-state index is 15.4. The van der Waals surface area contributed by atoms with E-state index in [0.29, 0.717) is 31.5 Å². The standard InChI is InChI=1S/C26H35F2N3O5/c1-24(2,3)35-22(32)30-13-15-9-8-10-16(14-30)26(15,34-7)18-11-17(27)12-19-20(18)21(28)29-31(19)23(33)36-25(4,5)6/h11-12,15-16H,8-10,13-14H2,1-7H3. The fourth-order valence-electron chi connectivity index (χ4n) is 5.71. The summed E-state index contributed by atoms with van der Waals surface area (Å²) < 4.78 is 48.4. The van der Waals surface area contributed by atoms with Crippen molar-refractivity contribution in [3.8, 4) is 0 Å². The highest BCUT2D eigenvalue weighted by Crippen LogP contribution is 2.53. The van der Waals surface area contributed by atoms with Gasteiger partial charge in [-0.3, -0.25) is 0 Å². The lowest BCUT2D eigenvalue weighted by Crippen LogP contribution is -2.60. The molecule has 1 saturated carbocycles. The van der Waals surface area contributed by atoms with Gasteiger partial charge in [0.15, 0.2) is 0 Å². The number of benzene rings is 1. The second-order valence-corrected chi connectivity index (χ2v) is 11.7. The highest BCUT2D eigenvalue weighted by molar-refractivity contribution is 5.91. The monoisotopic (exact) mass is 507 g/mol. The normalized spacial score (nSPS) is 24.6. The molecule has 2 aliphatic rings. The molecule has 1 aromatic heterocycles. The van der Waals surface area contributed by atoms with Crippen molar-refractivity contribution in [2.24, 2.45) is 11.8 Å². The van der Waals surface area contributed by atoms with Gasteiger partial charge in [0.2, 0.25) is 5.95 Å². The van der Waals surface area contributed by atoms with E-state index in [9.17, 15) is 9.59 Å². The van der Waals surface area contributed by atoms with Crippen molar-refractivity contribution in [2.45, 2.75) is 77.6 Å². The summed E-state index contributed by atoms with van der Waals surface area (Å²) >= 11 is 0. The van der Waals surface area contributed by atoms with Gasteiger partial charge in [0.1, 0.15) is 22.6 Å². The average molecular weight is 508 g/mol. The number of ether oxygens (including phenoxy) is 3. The Hall–Kier alpha value is -2.75. The maximum Gasteiger partial charge on any atom is 0.435 e. The number of nitrogens with zero attached hydrogens (tertiary/aromatic N) is 3. The Morgan fingerprint density at radius 1 is 0.972 bits per heavy atom. The Kier molecular flexibility index (Phi) is 6.56. The van der Waals surface area contributed by atoms with E-state index >= 15 is 8.78 Å². The van der Waals surface area contributed by atoms with Crippen LogP contribution < -0.4 is 0 Å². The van der Waals surface area contributed by atoms with Crippen LogP contribution in [0.3, 0.4) is 0 Å². The molecule has 2 bridgehead atoms. The maximum absolute atomic E-state index is 15.4. The molecule has 1 aliphatic carbocycles. The predicted octanol–water partition coefficient (Wildman–Crippen LogP) is 5.61. The zero-order valence-corrected chi connectivity index (χ0v) is 22.0. The molecule has 10 heteroatoms. The summed E-state index contributed by atoms with van der Waals surface area (Å²) in [7, 11) is 1.53. The highest BCUT2D eigenvalue weighted by atomic mass is 19.1. The zero-order valence-electron chi connectivity index (χ0n) is 22.0. The van der Waals surface area contributed by atoms with Crippen molar-refractivity contribution in [2.75, 3.05) is 20.2 Å². The van der Waals surface area contributed by atoms with E-state index in [-0.39, 0.29) is 22.7 Å². The van der Waals surface area contributed by atoms with E-state index in [1.54, 1.807) is 25.7 Å². The third kappa shape index (κ3) is 4.67. The van der Waals surface area contributed by atoms with Crippen LogP contribution in [0, 0.1) is 23.6 Å². The predicted molar refractivity (Wildman–Crippen MR) is 129 cm³/mol. The van der Waals surface area contributed by atoms with E-state index in [4.69, 9.17) is 14.2 Å². The Labute approximate surface area is 209 Å². The number of methoxy groups -OCH3 is 1. The Morgan fingerprint density at radius 2 is 1.53 bits per heavy atom. The van der Waals surface area contributed by atoms with Gasteiger partial charge in [-0.2, -0.15) is 9.07 Å². The molecular formula is C26H35F2N3O5. The lowest BCUT2D eigenvalue weighted by atomic mass is 9.62. The number of piperidine rings is 1. The summed E-state index contributed by atoms with van der Waals surface area (Å²) in [6.45, 7) is 11.1. The molecule has 2 atom stereocenters. The molecule has 0 radical (unpaired) electrons. The van der Waals surface area contributed by atoms with Crippen molar-refractivity contribution >= 4 is 23.1 Å². The van der Waals surface area contributed by atoms with Crippen LogP contribution in [0.1, 0.15) is 66.4 Å². The van der Waals surface area contributed by atoms with Gasteiger partial charge >= 0.3 is 12.2 Å². The second-order valence-electron chi connectivity index (χ2n) is 11.7. The molecule has 4 rings (SSSR count). The third-order valence-electron chi connectivity index (χ3n) is 6.88. The van der Waals surface area contributed by atoms with Gasteiger partial charge < -0.3 is 19.1 Å². The second kappa shape index (κ2) is 8.97. The third-order valence-corrected chi connectivity index (χ3v) is 6.88. The molecule has 1 amide bonds. The van der Waals surface area contributed by atoms with Gasteiger partial charge in [0.05, 0.1) is 10.9 Å². The SMILES string of the molecule is COC1(c2cc(F)cc3c2c(F)nn3C(=O)OC(C)(C)C)C2CCCC1CN(C(=O)OC(C)(C)C)C2. The lowest BCUT2D eigenvalue weighted by molar-refractivity contribution is -0.165. The minimum Gasteiger partial charge on any atom is -0.444 e. The summed E-state index contributed by atoms with van der Waals surface area (Å²) in [5.74, 6) is -2.03. The number of likely N-dealkylation sites (tertiary alicyclic amines) is 1. The topological polar surface area (TPSA) is 82.9 Å². The van der Waals surface area contributed by atoms with Crippen LogP contribution in [-0.4, -0.2) is 58.3 Å². The van der Waals surface area contributed by atoms with E-state index in [2.05, 4.69) is 5.10 Å². The first-order valence-electron chi connectivity index (χ1n) is 12.3. The van der Waals surface area contributed by atoms with Gasteiger partial charge in [-0.25, -0.2) is 14.0 Å². The van der Waals surface area contributed by atoms with Gasteiger partial charge in [-0.1, -0.05) is 6.42 Å². The van der Waals surface area contributed by atoms with E-state index in [1.807, 2.05) is 20.8 Å². The summed E-state index contributed by atoms with van der Waals surface area (Å²) in [5.41, 5.74) is -2.29. The molecule has 1 aromatic carbocycles. The fourth-order valence-corrected chi connectivity index (χ4v) is 5.71. The molecule has 198 valence electrons. The molecule has 8 nitrogen and oxygen atoms in total. The molecule has 2 aromatic rings. The molecule has 0 spiro atoms. The number of hydrogen-bond acceptors (Lipinski definition) is 6. The van der Waals surface area contributed by atoms with E-state index in [0.717, 1.165) is 17.2 Å². The van der Waals surface area contributed by atoms with E-state index < -0.39 is 40.8 Å². The van der Waals surface area contributed by atoms with Gasteiger partial charge in [-0.05, 0) is 60.5 Å². The fraction of sp³-hybridized carbons (Fsp3) is 0.654. The minimum absolute atomic E-state index is 0.0201. The first kappa shape index (κ1) is 26.3.